The smallest absolute Gasteiger partial charge is 0.248 e. The van der Waals surface area contributed by atoms with Crippen LogP contribution >= 0.6 is 0 Å². The second-order valence-corrected chi connectivity index (χ2v) is 5.49. The summed E-state index contributed by atoms with van der Waals surface area (Å²) in [6.07, 6.45) is 4.37. The lowest BCUT2D eigenvalue weighted by molar-refractivity contribution is 0.434. The molecular formula is C17H20N2O. The summed E-state index contributed by atoms with van der Waals surface area (Å²) in [4.78, 5) is 14.3. The Bertz CT molecular complexity index is 618. The number of nitrogens with one attached hydrogen (secondary N) is 2. The number of benzene rings is 1. The molecule has 0 aliphatic carbocycles. The average Bonchev–Trinajstić information content (AvgIpc) is 2.48. The van der Waals surface area contributed by atoms with Crippen molar-refractivity contribution in [3.8, 4) is 0 Å². The summed E-state index contributed by atoms with van der Waals surface area (Å²) in [6, 6.07) is 14.6. The number of aromatic amines is 1. The van der Waals surface area contributed by atoms with Crippen LogP contribution in [0.3, 0.4) is 0 Å². The van der Waals surface area contributed by atoms with Gasteiger partial charge in [0.1, 0.15) is 0 Å². The Kier molecular flexibility index (Phi) is 3.97. The van der Waals surface area contributed by atoms with Gasteiger partial charge in [0.05, 0.1) is 0 Å². The molecule has 104 valence electrons. The second-order valence-electron chi connectivity index (χ2n) is 5.49. The van der Waals surface area contributed by atoms with E-state index in [9.17, 15) is 4.79 Å². The van der Waals surface area contributed by atoms with E-state index >= 15 is 0 Å². The van der Waals surface area contributed by atoms with Crippen LogP contribution in [0.2, 0.25) is 0 Å². The summed E-state index contributed by atoms with van der Waals surface area (Å²) in [7, 11) is 0. The SMILES string of the molecule is O=c1ccc2c([nH]1)CC(CCCc1ccccc1)NC2. The van der Waals surface area contributed by atoms with Gasteiger partial charge in [-0.2, -0.15) is 0 Å². The van der Waals surface area contributed by atoms with Crippen LogP contribution in [0.15, 0.2) is 47.3 Å². The van der Waals surface area contributed by atoms with Crippen LogP contribution in [0.5, 0.6) is 0 Å². The molecule has 3 rings (SSSR count). The van der Waals surface area contributed by atoms with Crippen LogP contribution in [0.4, 0.5) is 0 Å². The van der Waals surface area contributed by atoms with Crippen molar-refractivity contribution in [2.75, 3.05) is 0 Å². The third-order valence-electron chi connectivity index (χ3n) is 3.99. The van der Waals surface area contributed by atoms with Gasteiger partial charge in [-0.25, -0.2) is 0 Å². The number of hydrogen-bond donors (Lipinski definition) is 2. The van der Waals surface area contributed by atoms with Crippen molar-refractivity contribution in [3.63, 3.8) is 0 Å². The lowest BCUT2D eigenvalue weighted by Crippen LogP contribution is -2.37. The normalized spacial score (nSPS) is 17.7. The van der Waals surface area contributed by atoms with E-state index in [1.165, 1.54) is 17.5 Å². The molecule has 0 saturated heterocycles. The van der Waals surface area contributed by atoms with Crippen LogP contribution in [-0.4, -0.2) is 11.0 Å². The molecule has 1 unspecified atom stereocenters. The summed E-state index contributed by atoms with van der Waals surface area (Å²) in [5.41, 5.74) is 3.75. The van der Waals surface area contributed by atoms with Crippen molar-refractivity contribution in [2.45, 2.75) is 38.3 Å². The van der Waals surface area contributed by atoms with Gasteiger partial charge in [-0.3, -0.25) is 4.79 Å². The zero-order chi connectivity index (χ0) is 13.8. The third-order valence-corrected chi connectivity index (χ3v) is 3.99. The Labute approximate surface area is 119 Å². The highest BCUT2D eigenvalue weighted by Crippen LogP contribution is 2.16. The summed E-state index contributed by atoms with van der Waals surface area (Å²) in [6.45, 7) is 0.863. The van der Waals surface area contributed by atoms with Crippen LogP contribution in [0, 0.1) is 0 Å². The molecule has 0 amide bonds. The predicted octanol–water partition coefficient (Wildman–Crippen LogP) is 2.41. The molecule has 2 N–H and O–H groups in total. The maximum Gasteiger partial charge on any atom is 0.248 e. The number of fused-ring (bicyclic) bond motifs is 1. The molecule has 1 aliphatic rings. The summed E-state index contributed by atoms with van der Waals surface area (Å²) in [5.74, 6) is 0. The third kappa shape index (κ3) is 3.17. The van der Waals surface area contributed by atoms with Gasteiger partial charge in [-0.1, -0.05) is 36.4 Å². The molecule has 0 fully saturated rings. The highest BCUT2D eigenvalue weighted by molar-refractivity contribution is 5.23. The van der Waals surface area contributed by atoms with Gasteiger partial charge in [0.25, 0.3) is 0 Å². The zero-order valence-electron chi connectivity index (χ0n) is 11.6. The predicted molar refractivity (Wildman–Crippen MR) is 80.8 cm³/mol. The Morgan fingerprint density at radius 2 is 1.95 bits per heavy atom. The number of hydrogen-bond acceptors (Lipinski definition) is 2. The summed E-state index contributed by atoms with van der Waals surface area (Å²) >= 11 is 0. The van der Waals surface area contributed by atoms with Crippen LogP contribution in [0.1, 0.15) is 29.7 Å². The Morgan fingerprint density at radius 3 is 2.80 bits per heavy atom. The minimum Gasteiger partial charge on any atom is -0.326 e. The molecule has 3 nitrogen and oxygen atoms in total. The average molecular weight is 268 g/mol. The van der Waals surface area contributed by atoms with Crippen molar-refractivity contribution in [1.82, 2.24) is 10.3 Å². The van der Waals surface area contributed by atoms with Gasteiger partial charge >= 0.3 is 0 Å². The van der Waals surface area contributed by atoms with Crippen molar-refractivity contribution < 1.29 is 0 Å². The van der Waals surface area contributed by atoms with E-state index in [4.69, 9.17) is 0 Å². The second kappa shape index (κ2) is 6.06. The fraction of sp³-hybridized carbons (Fsp3) is 0.353. The first-order chi connectivity index (χ1) is 9.81. The van der Waals surface area contributed by atoms with Gasteiger partial charge < -0.3 is 10.3 Å². The van der Waals surface area contributed by atoms with E-state index in [2.05, 4.69) is 40.6 Å². The fourth-order valence-electron chi connectivity index (χ4n) is 2.87. The molecule has 0 saturated carbocycles. The van der Waals surface area contributed by atoms with Gasteiger partial charge in [0.15, 0.2) is 0 Å². The van der Waals surface area contributed by atoms with Gasteiger partial charge in [0.2, 0.25) is 5.56 Å². The van der Waals surface area contributed by atoms with E-state index in [1.54, 1.807) is 6.07 Å². The van der Waals surface area contributed by atoms with Gasteiger partial charge in [-0.05, 0) is 30.4 Å². The molecule has 1 aromatic carbocycles. The molecule has 0 bridgehead atoms. The number of aromatic nitrogens is 1. The fourth-order valence-corrected chi connectivity index (χ4v) is 2.87. The van der Waals surface area contributed by atoms with E-state index in [-0.39, 0.29) is 5.56 Å². The standard InChI is InChI=1S/C17H20N2O/c20-17-10-9-14-12-18-15(11-16(14)19-17)8-4-7-13-5-2-1-3-6-13/h1-3,5-6,9-10,15,18H,4,7-8,11-12H2,(H,19,20). The highest BCUT2D eigenvalue weighted by Gasteiger charge is 2.17. The van der Waals surface area contributed by atoms with Crippen molar-refractivity contribution in [1.29, 1.82) is 0 Å². The Balaban J connectivity index is 1.54. The number of rotatable bonds is 4. The van der Waals surface area contributed by atoms with E-state index in [0.29, 0.717) is 6.04 Å². The quantitative estimate of drug-likeness (QED) is 0.894. The first-order valence-corrected chi connectivity index (χ1v) is 7.29. The highest BCUT2D eigenvalue weighted by atomic mass is 16.1. The molecular weight excluding hydrogens is 248 g/mol. The Hall–Kier alpha value is -1.87. The largest absolute Gasteiger partial charge is 0.326 e. The van der Waals surface area contributed by atoms with E-state index in [0.717, 1.165) is 31.5 Å². The number of aryl methyl sites for hydroxylation is 1. The maximum absolute atomic E-state index is 11.4. The first-order valence-electron chi connectivity index (χ1n) is 7.29. The molecule has 0 radical (unpaired) electrons. The van der Waals surface area contributed by atoms with Crippen molar-refractivity contribution in [3.05, 3.63) is 69.6 Å². The van der Waals surface area contributed by atoms with Crippen molar-refractivity contribution >= 4 is 0 Å². The molecule has 0 spiro atoms. The van der Waals surface area contributed by atoms with Gasteiger partial charge in [0, 0.05) is 30.8 Å². The van der Waals surface area contributed by atoms with Crippen LogP contribution in [-0.2, 0) is 19.4 Å². The maximum atomic E-state index is 11.4. The lowest BCUT2D eigenvalue weighted by atomic mass is 9.96. The lowest BCUT2D eigenvalue weighted by Gasteiger charge is -2.25. The molecule has 1 aromatic heterocycles. The topological polar surface area (TPSA) is 44.9 Å². The van der Waals surface area contributed by atoms with Crippen LogP contribution in [0.25, 0.3) is 0 Å². The molecule has 20 heavy (non-hydrogen) atoms. The van der Waals surface area contributed by atoms with E-state index in [1.807, 2.05) is 6.07 Å². The number of H-pyrrole nitrogens is 1. The molecule has 1 aliphatic heterocycles. The molecule has 2 heterocycles. The minimum absolute atomic E-state index is 0.00804. The zero-order valence-corrected chi connectivity index (χ0v) is 11.6. The van der Waals surface area contributed by atoms with Crippen molar-refractivity contribution in [2.24, 2.45) is 0 Å². The molecule has 2 aromatic rings. The van der Waals surface area contributed by atoms with Gasteiger partial charge in [-0.15, -0.1) is 0 Å². The van der Waals surface area contributed by atoms with Crippen LogP contribution < -0.4 is 10.9 Å². The summed E-state index contributed by atoms with van der Waals surface area (Å²) in [5, 5.41) is 3.56. The molecule has 1 atom stereocenters. The first kappa shape index (κ1) is 13.1. The Morgan fingerprint density at radius 1 is 1.10 bits per heavy atom. The molecule has 3 heteroatoms. The summed E-state index contributed by atoms with van der Waals surface area (Å²) < 4.78 is 0. The number of pyridine rings is 1. The monoisotopic (exact) mass is 268 g/mol. The van der Waals surface area contributed by atoms with E-state index < -0.39 is 0 Å². The minimum atomic E-state index is 0.00804.